The molecule has 0 aliphatic carbocycles. The van der Waals surface area contributed by atoms with Crippen LogP contribution in [-0.2, 0) is 4.79 Å². The second-order valence-electron chi connectivity index (χ2n) is 3.32. The molecule has 0 aliphatic rings. The number of thioether (sulfide) groups is 1. The molecule has 0 bridgehead atoms. The van der Waals surface area contributed by atoms with Crippen molar-refractivity contribution in [1.82, 2.24) is 0 Å². The van der Waals surface area contributed by atoms with Crippen molar-refractivity contribution in [2.45, 2.75) is 11.1 Å². The number of carbonyl (C=O) groups is 1. The van der Waals surface area contributed by atoms with E-state index >= 15 is 0 Å². The van der Waals surface area contributed by atoms with Crippen LogP contribution in [0.25, 0.3) is 0 Å². The minimum Gasteiger partial charge on any atom is -0.481 e. The van der Waals surface area contributed by atoms with E-state index in [1.165, 1.54) is 0 Å². The summed E-state index contributed by atoms with van der Waals surface area (Å²) in [5, 5.41) is 8.42. The molecule has 1 atom stereocenters. The quantitative estimate of drug-likeness (QED) is 0.681. The highest BCUT2D eigenvalue weighted by atomic mass is 32.2. The molecule has 1 aromatic rings. The average molecular weight is 286 g/mol. The van der Waals surface area contributed by atoms with Gasteiger partial charge in [-0.05, 0) is 18.2 Å². The van der Waals surface area contributed by atoms with Gasteiger partial charge in [0.05, 0.1) is 0 Å². The van der Waals surface area contributed by atoms with Crippen molar-refractivity contribution in [1.29, 1.82) is 0 Å². The summed E-state index contributed by atoms with van der Waals surface area (Å²) in [6.07, 6.45) is -4.88. The van der Waals surface area contributed by atoms with Crippen molar-refractivity contribution < 1.29 is 31.9 Å². The molecule has 0 spiro atoms. The average Bonchev–Trinajstić information content (AvgIpc) is 2.21. The Balaban J connectivity index is 2.73. The highest BCUT2D eigenvalue weighted by molar-refractivity contribution is 7.99. The van der Waals surface area contributed by atoms with Gasteiger partial charge in [-0.3, -0.25) is 4.79 Å². The number of halogens is 5. The summed E-state index contributed by atoms with van der Waals surface area (Å²) in [6.45, 7) is 0. The number of carboxylic acids is 1. The van der Waals surface area contributed by atoms with E-state index in [0.29, 0.717) is 11.8 Å². The molecular weight excluding hydrogens is 279 g/mol. The zero-order chi connectivity index (χ0) is 13.9. The third kappa shape index (κ3) is 3.86. The maximum absolute atomic E-state index is 12.8. The lowest BCUT2D eigenvalue weighted by Gasteiger charge is -2.15. The zero-order valence-electron chi connectivity index (χ0n) is 8.67. The van der Waals surface area contributed by atoms with Gasteiger partial charge in [0.1, 0.15) is 0 Å². The molecule has 100 valence electrons. The van der Waals surface area contributed by atoms with Crippen LogP contribution in [0.4, 0.5) is 22.0 Å². The van der Waals surface area contributed by atoms with Crippen molar-refractivity contribution in [2.24, 2.45) is 5.92 Å². The Morgan fingerprint density at radius 2 is 1.89 bits per heavy atom. The Kier molecular flexibility index (Phi) is 4.55. The fourth-order valence-corrected chi connectivity index (χ4v) is 2.09. The van der Waals surface area contributed by atoms with E-state index in [0.717, 1.165) is 18.2 Å². The molecule has 0 fully saturated rings. The molecule has 1 N–H and O–H groups in total. The molecule has 0 aliphatic heterocycles. The van der Waals surface area contributed by atoms with Crippen LogP contribution in [0.2, 0.25) is 0 Å². The first-order valence-corrected chi connectivity index (χ1v) is 5.57. The van der Waals surface area contributed by atoms with Crippen LogP contribution in [-0.4, -0.2) is 23.0 Å². The second kappa shape index (κ2) is 5.55. The molecule has 0 saturated heterocycles. The van der Waals surface area contributed by atoms with E-state index in [4.69, 9.17) is 5.11 Å². The van der Waals surface area contributed by atoms with Crippen molar-refractivity contribution in [3.05, 3.63) is 29.8 Å². The largest absolute Gasteiger partial charge is 0.481 e. The summed E-state index contributed by atoms with van der Waals surface area (Å²) in [7, 11) is 0. The highest BCUT2D eigenvalue weighted by Crippen LogP contribution is 2.32. The van der Waals surface area contributed by atoms with Gasteiger partial charge in [0.2, 0.25) is 0 Å². The van der Waals surface area contributed by atoms with Gasteiger partial charge >= 0.3 is 12.1 Å². The smallest absolute Gasteiger partial charge is 0.403 e. The Bertz CT molecular complexity index is 446. The Morgan fingerprint density at radius 3 is 2.33 bits per heavy atom. The third-order valence-electron chi connectivity index (χ3n) is 2.00. The van der Waals surface area contributed by atoms with Crippen molar-refractivity contribution in [3.8, 4) is 0 Å². The highest BCUT2D eigenvalue weighted by Gasteiger charge is 2.44. The number of benzene rings is 1. The fourth-order valence-electron chi connectivity index (χ4n) is 1.05. The zero-order valence-corrected chi connectivity index (χ0v) is 9.49. The Morgan fingerprint density at radius 1 is 1.28 bits per heavy atom. The minimum absolute atomic E-state index is 0.0319. The van der Waals surface area contributed by atoms with E-state index in [1.54, 1.807) is 0 Å². The summed E-state index contributed by atoms with van der Waals surface area (Å²) in [4.78, 5) is 10.5. The maximum atomic E-state index is 12.8. The van der Waals surface area contributed by atoms with Crippen LogP contribution in [0.5, 0.6) is 0 Å². The van der Waals surface area contributed by atoms with Crippen LogP contribution < -0.4 is 0 Å². The topological polar surface area (TPSA) is 37.3 Å². The normalized spacial score (nSPS) is 13.4. The lowest BCUT2D eigenvalue weighted by molar-refractivity contribution is -0.188. The lowest BCUT2D eigenvalue weighted by Crippen LogP contribution is -2.32. The predicted molar refractivity (Wildman–Crippen MR) is 54.3 cm³/mol. The first-order valence-electron chi connectivity index (χ1n) is 4.59. The van der Waals surface area contributed by atoms with E-state index in [1.807, 2.05) is 0 Å². The van der Waals surface area contributed by atoms with Crippen LogP contribution in [0.3, 0.4) is 0 Å². The van der Waals surface area contributed by atoms with Gasteiger partial charge in [-0.25, -0.2) is 8.78 Å². The summed E-state index contributed by atoms with van der Waals surface area (Å²) in [5.41, 5.74) is 0. The van der Waals surface area contributed by atoms with Gasteiger partial charge in [0.25, 0.3) is 0 Å². The van der Waals surface area contributed by atoms with E-state index in [2.05, 4.69) is 0 Å². The number of rotatable bonds is 4. The monoisotopic (exact) mass is 286 g/mol. The van der Waals surface area contributed by atoms with Gasteiger partial charge in [0.15, 0.2) is 17.6 Å². The van der Waals surface area contributed by atoms with Gasteiger partial charge in [0, 0.05) is 10.6 Å². The summed E-state index contributed by atoms with van der Waals surface area (Å²) in [5.74, 6) is -7.67. The molecule has 0 saturated carbocycles. The predicted octanol–water partition coefficient (Wildman–Crippen LogP) is 3.32. The molecule has 1 aromatic carbocycles. The summed E-state index contributed by atoms with van der Waals surface area (Å²) >= 11 is 0.499. The number of carboxylic acid groups (broad SMARTS) is 1. The molecule has 0 amide bonds. The first-order chi connectivity index (χ1) is 8.21. The molecule has 0 heterocycles. The molecule has 0 radical (unpaired) electrons. The summed E-state index contributed by atoms with van der Waals surface area (Å²) < 4.78 is 62.2. The van der Waals surface area contributed by atoms with Crippen molar-refractivity contribution >= 4 is 17.7 Å². The van der Waals surface area contributed by atoms with Gasteiger partial charge < -0.3 is 5.11 Å². The van der Waals surface area contributed by atoms with Crippen molar-refractivity contribution in [3.63, 3.8) is 0 Å². The SMILES string of the molecule is O=C(O)C(CSc1ccc(F)c(F)c1)C(F)(F)F. The molecule has 2 nitrogen and oxygen atoms in total. The molecule has 1 rings (SSSR count). The first kappa shape index (κ1) is 14.7. The molecular formula is C10H7F5O2S. The van der Waals surface area contributed by atoms with Gasteiger partial charge in [-0.15, -0.1) is 11.8 Å². The standard InChI is InChI=1S/C10H7F5O2S/c11-7-2-1-5(3-8(7)12)18-4-6(9(16)17)10(13,14)15/h1-3,6H,4H2,(H,16,17). The van der Waals surface area contributed by atoms with Crippen LogP contribution in [0.15, 0.2) is 23.1 Å². The van der Waals surface area contributed by atoms with Crippen LogP contribution in [0.1, 0.15) is 0 Å². The van der Waals surface area contributed by atoms with E-state index < -0.39 is 35.5 Å². The third-order valence-corrected chi connectivity index (χ3v) is 3.09. The Labute approximate surface area is 103 Å². The van der Waals surface area contributed by atoms with E-state index in [9.17, 15) is 26.7 Å². The molecule has 18 heavy (non-hydrogen) atoms. The van der Waals surface area contributed by atoms with Crippen LogP contribution >= 0.6 is 11.8 Å². The van der Waals surface area contributed by atoms with Gasteiger partial charge in [-0.1, -0.05) is 0 Å². The lowest BCUT2D eigenvalue weighted by atomic mass is 10.2. The Hall–Kier alpha value is -1.31. The number of alkyl halides is 3. The molecule has 8 heteroatoms. The van der Waals surface area contributed by atoms with Gasteiger partial charge in [-0.2, -0.15) is 13.2 Å². The number of hydrogen-bond donors (Lipinski definition) is 1. The molecule has 1 unspecified atom stereocenters. The van der Waals surface area contributed by atoms with Crippen molar-refractivity contribution in [2.75, 3.05) is 5.75 Å². The molecule has 0 aromatic heterocycles. The van der Waals surface area contributed by atoms with E-state index in [-0.39, 0.29) is 4.90 Å². The maximum Gasteiger partial charge on any atom is 0.403 e. The van der Waals surface area contributed by atoms with Crippen LogP contribution in [0, 0.1) is 17.6 Å². The summed E-state index contributed by atoms with van der Waals surface area (Å²) in [6, 6.07) is 2.56. The fraction of sp³-hybridized carbons (Fsp3) is 0.300. The number of hydrogen-bond acceptors (Lipinski definition) is 2. The minimum atomic E-state index is -4.88. The number of aliphatic carboxylic acids is 1. The second-order valence-corrected chi connectivity index (χ2v) is 4.41.